The monoisotopic (exact) mass is 328 g/mol. The van der Waals surface area contributed by atoms with Gasteiger partial charge in [0.05, 0.1) is 5.60 Å². The number of aliphatic hydroxyl groups is 1. The molecule has 0 aliphatic heterocycles. The minimum Gasteiger partial charge on any atom is -0.389 e. The maximum Gasteiger partial charge on any atom is 0.0728 e. The smallest absolute Gasteiger partial charge is 0.0728 e. The lowest BCUT2D eigenvalue weighted by atomic mass is 9.61. The van der Waals surface area contributed by atoms with Crippen LogP contribution in [-0.2, 0) is 0 Å². The van der Waals surface area contributed by atoms with Crippen LogP contribution in [0.4, 0.5) is 0 Å². The van der Waals surface area contributed by atoms with Crippen LogP contribution in [-0.4, -0.2) is 49.3 Å². The molecular weight excluding hydrogens is 296 g/mol. The minimum absolute atomic E-state index is 0.323. The Morgan fingerprint density at radius 3 is 2.67 bits per heavy atom. The average Bonchev–Trinajstić information content (AvgIpc) is 2.61. The predicted octanol–water partition coefficient (Wildman–Crippen LogP) is 3.16. The number of rotatable bonds is 8. The summed E-state index contributed by atoms with van der Waals surface area (Å²) in [5, 5.41) is 14.5. The van der Waals surface area contributed by atoms with E-state index >= 15 is 0 Å². The standard InChI is InChI=1S/C21H32N2O/c1-22-12-6-13-23(2)14-11-21(24)16-18-9-10-19(21)15-20(18)17-7-4-3-5-8-17/h3-5,7-8,15,18-19,22,24H,6,9-14,16H2,1-2H3. The molecule has 132 valence electrons. The molecule has 1 aromatic carbocycles. The molecule has 0 aromatic heterocycles. The van der Waals surface area contributed by atoms with Gasteiger partial charge in [0, 0.05) is 12.5 Å². The number of benzene rings is 1. The van der Waals surface area contributed by atoms with E-state index in [2.05, 4.69) is 53.7 Å². The van der Waals surface area contributed by atoms with Crippen molar-refractivity contribution in [1.29, 1.82) is 0 Å². The van der Waals surface area contributed by atoms with Crippen LogP contribution in [0.15, 0.2) is 36.4 Å². The fourth-order valence-electron chi connectivity index (χ4n) is 4.46. The second-order valence-electron chi connectivity index (χ2n) is 7.69. The van der Waals surface area contributed by atoms with Gasteiger partial charge in [0.1, 0.15) is 0 Å². The molecule has 3 nitrogen and oxygen atoms in total. The molecule has 0 heterocycles. The zero-order chi connectivity index (χ0) is 17.0. The second-order valence-corrected chi connectivity index (χ2v) is 7.69. The first kappa shape index (κ1) is 17.7. The molecule has 2 N–H and O–H groups in total. The third kappa shape index (κ3) is 3.90. The van der Waals surface area contributed by atoms with Crippen molar-refractivity contribution in [3.63, 3.8) is 0 Å². The molecule has 1 fully saturated rings. The zero-order valence-corrected chi connectivity index (χ0v) is 15.2. The van der Waals surface area contributed by atoms with Crippen LogP contribution in [0.3, 0.4) is 0 Å². The molecule has 3 heteroatoms. The Labute approximate surface area is 146 Å². The highest BCUT2D eigenvalue weighted by Gasteiger charge is 2.46. The average molecular weight is 328 g/mol. The van der Waals surface area contributed by atoms with E-state index in [4.69, 9.17) is 0 Å². The van der Waals surface area contributed by atoms with Gasteiger partial charge >= 0.3 is 0 Å². The number of nitrogens with one attached hydrogen (secondary N) is 1. The summed E-state index contributed by atoms with van der Waals surface area (Å²) in [6, 6.07) is 10.7. The van der Waals surface area contributed by atoms with Gasteiger partial charge in [-0.05, 0) is 76.3 Å². The fourth-order valence-corrected chi connectivity index (χ4v) is 4.46. The maximum atomic E-state index is 11.3. The highest BCUT2D eigenvalue weighted by molar-refractivity contribution is 5.69. The van der Waals surface area contributed by atoms with Crippen molar-refractivity contribution in [2.45, 2.75) is 37.7 Å². The van der Waals surface area contributed by atoms with Crippen molar-refractivity contribution >= 4 is 5.57 Å². The Bertz CT molecular complexity index is 556. The molecule has 1 saturated carbocycles. The van der Waals surface area contributed by atoms with Gasteiger partial charge in [0.2, 0.25) is 0 Å². The molecule has 3 aliphatic carbocycles. The fraction of sp³-hybridized carbons (Fsp3) is 0.619. The van der Waals surface area contributed by atoms with Crippen molar-refractivity contribution in [1.82, 2.24) is 10.2 Å². The van der Waals surface area contributed by atoms with E-state index in [0.29, 0.717) is 11.8 Å². The first-order valence-electron chi connectivity index (χ1n) is 9.45. The number of nitrogens with zero attached hydrogens (tertiary/aromatic N) is 1. The predicted molar refractivity (Wildman–Crippen MR) is 101 cm³/mol. The lowest BCUT2D eigenvalue weighted by Crippen LogP contribution is -2.48. The van der Waals surface area contributed by atoms with Crippen LogP contribution in [0, 0.1) is 11.8 Å². The van der Waals surface area contributed by atoms with Crippen LogP contribution in [0.25, 0.3) is 5.57 Å². The van der Waals surface area contributed by atoms with E-state index in [1.54, 1.807) is 0 Å². The summed E-state index contributed by atoms with van der Waals surface area (Å²) < 4.78 is 0. The van der Waals surface area contributed by atoms with Crippen LogP contribution >= 0.6 is 0 Å². The van der Waals surface area contributed by atoms with E-state index < -0.39 is 5.60 Å². The molecule has 24 heavy (non-hydrogen) atoms. The van der Waals surface area contributed by atoms with Crippen LogP contribution in [0.1, 0.15) is 37.7 Å². The van der Waals surface area contributed by atoms with Gasteiger partial charge in [-0.3, -0.25) is 0 Å². The Morgan fingerprint density at radius 1 is 1.21 bits per heavy atom. The molecule has 4 rings (SSSR count). The Hall–Kier alpha value is -1.16. The minimum atomic E-state index is -0.502. The third-order valence-corrected chi connectivity index (χ3v) is 5.94. The molecule has 2 bridgehead atoms. The maximum absolute atomic E-state index is 11.3. The highest BCUT2D eigenvalue weighted by atomic mass is 16.3. The zero-order valence-electron chi connectivity index (χ0n) is 15.2. The van der Waals surface area contributed by atoms with E-state index in [-0.39, 0.29) is 0 Å². The number of hydrogen-bond acceptors (Lipinski definition) is 3. The van der Waals surface area contributed by atoms with Crippen molar-refractivity contribution < 1.29 is 5.11 Å². The molecule has 1 aromatic rings. The normalized spacial score (nSPS) is 29.1. The largest absolute Gasteiger partial charge is 0.389 e. The van der Waals surface area contributed by atoms with Crippen LogP contribution in [0.5, 0.6) is 0 Å². The van der Waals surface area contributed by atoms with Crippen LogP contribution < -0.4 is 5.32 Å². The van der Waals surface area contributed by atoms with E-state index in [1.807, 2.05) is 7.05 Å². The number of allylic oxidation sites excluding steroid dienone is 1. The van der Waals surface area contributed by atoms with Gasteiger partial charge in [-0.2, -0.15) is 0 Å². The summed E-state index contributed by atoms with van der Waals surface area (Å²) in [6.07, 6.45) is 7.74. The van der Waals surface area contributed by atoms with Gasteiger partial charge in [-0.1, -0.05) is 36.4 Å². The van der Waals surface area contributed by atoms with Crippen molar-refractivity contribution in [2.75, 3.05) is 33.7 Å². The first-order valence-corrected chi connectivity index (χ1v) is 9.45. The third-order valence-electron chi connectivity index (χ3n) is 5.94. The molecule has 0 radical (unpaired) electrons. The lowest BCUT2D eigenvalue weighted by molar-refractivity contribution is -0.0574. The van der Waals surface area contributed by atoms with Gasteiger partial charge in [-0.15, -0.1) is 0 Å². The molecule has 3 unspecified atom stereocenters. The Balaban J connectivity index is 1.61. The summed E-state index contributed by atoms with van der Waals surface area (Å²) in [7, 11) is 4.17. The van der Waals surface area contributed by atoms with E-state index in [9.17, 15) is 5.11 Å². The van der Waals surface area contributed by atoms with Gasteiger partial charge in [0.25, 0.3) is 0 Å². The summed E-state index contributed by atoms with van der Waals surface area (Å²) in [6.45, 7) is 3.14. The topological polar surface area (TPSA) is 35.5 Å². The summed E-state index contributed by atoms with van der Waals surface area (Å²) in [5.41, 5.74) is 2.32. The molecule has 3 atom stereocenters. The summed E-state index contributed by atoms with van der Waals surface area (Å²) >= 11 is 0. The highest BCUT2D eigenvalue weighted by Crippen LogP contribution is 2.50. The van der Waals surface area contributed by atoms with E-state index in [0.717, 1.165) is 45.3 Å². The van der Waals surface area contributed by atoms with Crippen molar-refractivity contribution in [2.24, 2.45) is 11.8 Å². The van der Waals surface area contributed by atoms with Crippen molar-refractivity contribution in [3.8, 4) is 0 Å². The van der Waals surface area contributed by atoms with Crippen molar-refractivity contribution in [3.05, 3.63) is 42.0 Å². The van der Waals surface area contributed by atoms with Crippen LogP contribution in [0.2, 0.25) is 0 Å². The van der Waals surface area contributed by atoms with Gasteiger partial charge in [0.15, 0.2) is 0 Å². The lowest BCUT2D eigenvalue weighted by Gasteiger charge is -2.48. The van der Waals surface area contributed by atoms with Gasteiger partial charge in [-0.25, -0.2) is 0 Å². The molecule has 3 aliphatic rings. The SMILES string of the molecule is CNCCCN(C)CCC1(O)CC2CCC1C=C2c1ccccc1. The Kier molecular flexibility index (Phi) is 5.75. The Morgan fingerprint density at radius 2 is 2.00 bits per heavy atom. The second kappa shape index (κ2) is 7.81. The molecule has 0 saturated heterocycles. The molecule has 0 amide bonds. The van der Waals surface area contributed by atoms with Gasteiger partial charge < -0.3 is 15.3 Å². The molecule has 0 spiro atoms. The van der Waals surface area contributed by atoms with E-state index in [1.165, 1.54) is 17.6 Å². The summed E-state index contributed by atoms with van der Waals surface area (Å²) in [5.74, 6) is 0.848. The number of fused-ring (bicyclic) bond motifs is 2. The quantitative estimate of drug-likeness (QED) is 0.720. The number of hydrogen-bond donors (Lipinski definition) is 2. The summed E-state index contributed by atoms with van der Waals surface area (Å²) in [4.78, 5) is 2.36. The first-order chi connectivity index (χ1) is 11.6. The molecular formula is C21H32N2O.